The highest BCUT2D eigenvalue weighted by molar-refractivity contribution is 5.73. The number of hydrogen-bond acceptors (Lipinski definition) is 3. The zero-order chi connectivity index (χ0) is 15.5. The highest BCUT2D eigenvalue weighted by Crippen LogP contribution is 2.22. The fraction of sp³-hybridized carbons (Fsp3) is 0.750. The molecule has 4 nitrogen and oxygen atoms in total. The van der Waals surface area contributed by atoms with Crippen molar-refractivity contribution in [2.24, 2.45) is 13.0 Å². The molecule has 4 heteroatoms. The Morgan fingerprint density at radius 3 is 2.45 bits per heavy atom. The lowest BCUT2D eigenvalue weighted by Crippen LogP contribution is -2.31. The van der Waals surface area contributed by atoms with Gasteiger partial charge in [0.05, 0.1) is 11.6 Å². The van der Waals surface area contributed by atoms with Gasteiger partial charge in [-0.1, -0.05) is 20.3 Å². The molecule has 1 heterocycles. The maximum atomic E-state index is 12.2. The van der Waals surface area contributed by atoms with Crippen LogP contribution in [0.3, 0.4) is 0 Å². The minimum atomic E-state index is -0.376. The van der Waals surface area contributed by atoms with Gasteiger partial charge in [-0.25, -0.2) is 0 Å². The van der Waals surface area contributed by atoms with Crippen LogP contribution in [0.1, 0.15) is 57.5 Å². The smallest absolute Gasteiger partial charge is 0.309 e. The Bertz CT molecular complexity index is 475. The van der Waals surface area contributed by atoms with E-state index in [-0.39, 0.29) is 17.5 Å². The normalized spacial score (nSPS) is 13.3. The molecule has 0 radical (unpaired) electrons. The molecule has 0 aromatic carbocycles. The van der Waals surface area contributed by atoms with Gasteiger partial charge in [0.1, 0.15) is 5.60 Å². The molecule has 1 aromatic rings. The first-order valence-electron chi connectivity index (χ1n) is 7.40. The minimum Gasteiger partial charge on any atom is -0.459 e. The molecule has 0 bridgehead atoms. The molecule has 0 saturated carbocycles. The number of nitrogens with zero attached hydrogens (tertiary/aromatic N) is 2. The summed E-state index contributed by atoms with van der Waals surface area (Å²) >= 11 is 0. The van der Waals surface area contributed by atoms with Crippen LogP contribution < -0.4 is 0 Å². The van der Waals surface area contributed by atoms with Crippen molar-refractivity contribution in [2.45, 2.75) is 66.4 Å². The number of ether oxygens (including phenoxy) is 1. The van der Waals surface area contributed by atoms with Crippen LogP contribution in [0.25, 0.3) is 0 Å². The monoisotopic (exact) mass is 280 g/mol. The van der Waals surface area contributed by atoms with Gasteiger partial charge in [0.15, 0.2) is 0 Å². The number of rotatable bonds is 6. The van der Waals surface area contributed by atoms with Crippen molar-refractivity contribution in [3.05, 3.63) is 17.0 Å². The number of carbonyl (C=O) groups excluding carboxylic acids is 1. The zero-order valence-corrected chi connectivity index (χ0v) is 13.9. The quantitative estimate of drug-likeness (QED) is 0.751. The second kappa shape index (κ2) is 6.42. The van der Waals surface area contributed by atoms with Crippen LogP contribution in [0, 0.1) is 19.8 Å². The Morgan fingerprint density at radius 1 is 1.40 bits per heavy atom. The first-order valence-corrected chi connectivity index (χ1v) is 7.40. The van der Waals surface area contributed by atoms with Gasteiger partial charge in [0.25, 0.3) is 0 Å². The summed E-state index contributed by atoms with van der Waals surface area (Å²) in [5.41, 5.74) is 2.90. The van der Waals surface area contributed by atoms with E-state index in [1.54, 1.807) is 0 Å². The SMILES string of the molecule is CCCC(C)(C)OC(=O)[C@H](C)Cc1c(C)nn(C)c1C. The highest BCUT2D eigenvalue weighted by Gasteiger charge is 2.26. The molecule has 1 rings (SSSR count). The summed E-state index contributed by atoms with van der Waals surface area (Å²) in [6, 6.07) is 0. The zero-order valence-electron chi connectivity index (χ0n) is 13.9. The topological polar surface area (TPSA) is 44.1 Å². The third-order valence-corrected chi connectivity index (χ3v) is 3.80. The predicted molar refractivity (Wildman–Crippen MR) is 80.6 cm³/mol. The van der Waals surface area contributed by atoms with Crippen molar-refractivity contribution < 1.29 is 9.53 Å². The van der Waals surface area contributed by atoms with Crippen molar-refractivity contribution in [2.75, 3.05) is 0 Å². The Labute approximate surface area is 122 Å². The van der Waals surface area contributed by atoms with Crippen molar-refractivity contribution >= 4 is 5.97 Å². The van der Waals surface area contributed by atoms with Crippen LogP contribution in [0.4, 0.5) is 0 Å². The Morgan fingerprint density at radius 2 is 2.00 bits per heavy atom. The van der Waals surface area contributed by atoms with Gasteiger partial charge in [-0.15, -0.1) is 0 Å². The third-order valence-electron chi connectivity index (χ3n) is 3.80. The van der Waals surface area contributed by atoms with E-state index >= 15 is 0 Å². The average molecular weight is 280 g/mol. The summed E-state index contributed by atoms with van der Waals surface area (Å²) in [7, 11) is 1.93. The molecular weight excluding hydrogens is 252 g/mol. The second-order valence-electron chi connectivity index (χ2n) is 6.31. The van der Waals surface area contributed by atoms with E-state index in [1.165, 1.54) is 0 Å². The maximum Gasteiger partial charge on any atom is 0.309 e. The van der Waals surface area contributed by atoms with Crippen LogP contribution in [-0.4, -0.2) is 21.4 Å². The van der Waals surface area contributed by atoms with Crippen LogP contribution in [0.2, 0.25) is 0 Å². The molecule has 0 aliphatic rings. The molecule has 0 amide bonds. The molecule has 1 atom stereocenters. The number of aromatic nitrogens is 2. The molecule has 0 aliphatic carbocycles. The van der Waals surface area contributed by atoms with Crippen LogP contribution >= 0.6 is 0 Å². The molecular formula is C16H28N2O2. The predicted octanol–water partition coefficient (Wildman–Crippen LogP) is 3.34. The van der Waals surface area contributed by atoms with E-state index in [1.807, 2.05) is 46.3 Å². The largest absolute Gasteiger partial charge is 0.459 e. The fourth-order valence-electron chi connectivity index (χ4n) is 2.53. The van der Waals surface area contributed by atoms with E-state index in [0.717, 1.165) is 29.8 Å². The summed E-state index contributed by atoms with van der Waals surface area (Å²) in [5, 5.41) is 4.39. The van der Waals surface area contributed by atoms with E-state index in [2.05, 4.69) is 12.0 Å². The number of carbonyl (C=O) groups is 1. The molecule has 20 heavy (non-hydrogen) atoms. The second-order valence-corrected chi connectivity index (χ2v) is 6.31. The van der Waals surface area contributed by atoms with Crippen molar-refractivity contribution in [1.82, 2.24) is 9.78 Å². The van der Waals surface area contributed by atoms with Gasteiger partial charge in [0.2, 0.25) is 0 Å². The van der Waals surface area contributed by atoms with Gasteiger partial charge in [-0.05, 0) is 46.1 Å². The number of hydrogen-bond donors (Lipinski definition) is 0. The average Bonchev–Trinajstić information content (AvgIpc) is 2.55. The van der Waals surface area contributed by atoms with Crippen LogP contribution in [0.5, 0.6) is 0 Å². The molecule has 0 saturated heterocycles. The first kappa shape index (κ1) is 16.7. The molecule has 1 aromatic heterocycles. The molecule has 0 aliphatic heterocycles. The van der Waals surface area contributed by atoms with Crippen LogP contribution in [-0.2, 0) is 23.0 Å². The summed E-state index contributed by atoms with van der Waals surface area (Å²) in [5.74, 6) is -0.265. The highest BCUT2D eigenvalue weighted by atomic mass is 16.6. The van der Waals surface area contributed by atoms with Gasteiger partial charge in [-0.2, -0.15) is 5.10 Å². The third kappa shape index (κ3) is 4.09. The molecule has 0 unspecified atom stereocenters. The van der Waals surface area contributed by atoms with Gasteiger partial charge in [0, 0.05) is 12.7 Å². The minimum absolute atomic E-state index is 0.119. The standard InChI is InChI=1S/C16H28N2O2/c1-8-9-16(5,6)20-15(19)11(2)10-14-12(3)17-18(7)13(14)4/h11H,8-10H2,1-7H3/t11-/m1/s1. The van der Waals surface area contributed by atoms with Crippen LogP contribution in [0.15, 0.2) is 0 Å². The van der Waals surface area contributed by atoms with E-state index < -0.39 is 0 Å². The van der Waals surface area contributed by atoms with Crippen molar-refractivity contribution in [3.63, 3.8) is 0 Å². The summed E-state index contributed by atoms with van der Waals surface area (Å²) in [6.07, 6.45) is 2.58. The lowest BCUT2D eigenvalue weighted by molar-refractivity contribution is -0.161. The molecule has 0 N–H and O–H groups in total. The Balaban J connectivity index is 2.71. The summed E-state index contributed by atoms with van der Waals surface area (Å²) in [4.78, 5) is 12.2. The summed E-state index contributed by atoms with van der Waals surface area (Å²) < 4.78 is 7.50. The number of esters is 1. The van der Waals surface area contributed by atoms with E-state index in [9.17, 15) is 4.79 Å². The van der Waals surface area contributed by atoms with Crippen molar-refractivity contribution in [1.29, 1.82) is 0 Å². The van der Waals surface area contributed by atoms with E-state index in [4.69, 9.17) is 4.74 Å². The lowest BCUT2D eigenvalue weighted by atomic mass is 9.98. The first-order chi connectivity index (χ1) is 9.18. The van der Waals surface area contributed by atoms with Gasteiger partial charge in [-0.3, -0.25) is 9.48 Å². The Hall–Kier alpha value is -1.32. The maximum absolute atomic E-state index is 12.2. The van der Waals surface area contributed by atoms with Gasteiger partial charge < -0.3 is 4.74 Å². The molecule has 0 spiro atoms. The van der Waals surface area contributed by atoms with Crippen molar-refractivity contribution in [3.8, 4) is 0 Å². The molecule has 0 fully saturated rings. The number of aryl methyl sites for hydroxylation is 2. The Kier molecular flexibility index (Phi) is 5.37. The van der Waals surface area contributed by atoms with E-state index in [0.29, 0.717) is 6.42 Å². The van der Waals surface area contributed by atoms with Gasteiger partial charge >= 0.3 is 5.97 Å². The molecule has 114 valence electrons. The lowest BCUT2D eigenvalue weighted by Gasteiger charge is -2.26. The fourth-order valence-corrected chi connectivity index (χ4v) is 2.53. The summed E-state index contributed by atoms with van der Waals surface area (Å²) in [6.45, 7) is 12.0.